The van der Waals surface area contributed by atoms with E-state index in [1.54, 1.807) is 11.8 Å². The van der Waals surface area contributed by atoms with Crippen molar-refractivity contribution >= 4 is 28.4 Å². The van der Waals surface area contributed by atoms with Crippen LogP contribution in [-0.4, -0.2) is 22.2 Å². The van der Waals surface area contributed by atoms with Crippen molar-refractivity contribution in [2.45, 2.75) is 25.1 Å². The van der Waals surface area contributed by atoms with E-state index in [0.29, 0.717) is 17.2 Å². The van der Waals surface area contributed by atoms with Crippen molar-refractivity contribution in [1.29, 1.82) is 0 Å². The Morgan fingerprint density at radius 2 is 2.00 bits per heavy atom. The van der Waals surface area contributed by atoms with E-state index in [1.807, 2.05) is 0 Å². The van der Waals surface area contributed by atoms with Gasteiger partial charge in [-0.3, -0.25) is 4.99 Å². The molecule has 0 aliphatic carbocycles. The van der Waals surface area contributed by atoms with Crippen LogP contribution in [0.4, 0.5) is 0 Å². The molecule has 1 aromatic carbocycles. The van der Waals surface area contributed by atoms with Gasteiger partial charge >= 0.3 is 0 Å². The Hall–Kier alpha value is -0.470. The van der Waals surface area contributed by atoms with E-state index in [0.717, 1.165) is 5.04 Å². The number of benzene rings is 1. The van der Waals surface area contributed by atoms with Gasteiger partial charge in [0.2, 0.25) is 0 Å². The van der Waals surface area contributed by atoms with Gasteiger partial charge in [-0.1, -0.05) is 41.6 Å². The number of aliphatic imine (C=N–C) groups is 1. The van der Waals surface area contributed by atoms with E-state index in [1.165, 1.54) is 11.1 Å². The number of thioether (sulfide) groups is 1. The van der Waals surface area contributed by atoms with Crippen LogP contribution in [0.3, 0.4) is 0 Å². The largest absolute Gasteiger partial charge is 0.274 e. The lowest BCUT2D eigenvalue weighted by Gasteiger charge is -2.07. The highest BCUT2D eigenvalue weighted by atomic mass is 35.5. The van der Waals surface area contributed by atoms with E-state index in [4.69, 9.17) is 11.6 Å². The van der Waals surface area contributed by atoms with E-state index in [-0.39, 0.29) is 0 Å². The molecule has 1 nitrogen and oxygen atoms in total. The molecule has 0 spiro atoms. The fraction of sp³-hybridized carbons (Fsp3) is 0.417. The molecule has 2 atom stereocenters. The maximum atomic E-state index is 5.89. The molecule has 1 heterocycles. The second kappa shape index (κ2) is 4.58. The smallest absolute Gasteiger partial charge is 0.0984 e. The number of alkyl halides is 1. The molecule has 2 rings (SSSR count). The topological polar surface area (TPSA) is 12.4 Å². The van der Waals surface area contributed by atoms with Gasteiger partial charge in [0.1, 0.15) is 0 Å². The van der Waals surface area contributed by atoms with Crippen LogP contribution in [-0.2, 0) is 0 Å². The zero-order valence-corrected chi connectivity index (χ0v) is 10.5. The maximum Gasteiger partial charge on any atom is 0.0984 e. The van der Waals surface area contributed by atoms with Gasteiger partial charge in [0.15, 0.2) is 0 Å². The molecule has 0 aromatic heterocycles. The Kier molecular flexibility index (Phi) is 3.37. The van der Waals surface area contributed by atoms with E-state index in [9.17, 15) is 0 Å². The Morgan fingerprint density at radius 3 is 2.53 bits per heavy atom. The van der Waals surface area contributed by atoms with Gasteiger partial charge in [0, 0.05) is 16.7 Å². The minimum atomic E-state index is 0.337. The molecular formula is C12H14ClNS. The Balaban J connectivity index is 2.19. The molecule has 2 unspecified atom stereocenters. The average molecular weight is 240 g/mol. The van der Waals surface area contributed by atoms with Gasteiger partial charge in [-0.15, -0.1) is 11.6 Å². The van der Waals surface area contributed by atoms with Crippen LogP contribution in [0.15, 0.2) is 29.3 Å². The predicted molar refractivity (Wildman–Crippen MR) is 69.3 cm³/mol. The second-order valence-electron chi connectivity index (χ2n) is 3.85. The van der Waals surface area contributed by atoms with E-state index >= 15 is 0 Å². The standard InChI is InChI=1S/C12H14ClNS/c1-8-3-5-10(6-4-8)12-14-9(2)11(7-13)15-12/h3-6,9,11H,7H2,1-2H3. The van der Waals surface area contributed by atoms with Crippen LogP contribution in [0, 0.1) is 6.92 Å². The van der Waals surface area contributed by atoms with Gasteiger partial charge < -0.3 is 0 Å². The van der Waals surface area contributed by atoms with E-state index < -0.39 is 0 Å². The first-order valence-electron chi connectivity index (χ1n) is 5.08. The number of nitrogens with zero attached hydrogens (tertiary/aromatic N) is 1. The highest BCUT2D eigenvalue weighted by molar-refractivity contribution is 8.15. The molecule has 1 aliphatic heterocycles. The minimum absolute atomic E-state index is 0.337. The fourth-order valence-corrected chi connectivity index (χ4v) is 3.09. The molecule has 3 heteroatoms. The minimum Gasteiger partial charge on any atom is -0.274 e. The van der Waals surface area contributed by atoms with Crippen molar-refractivity contribution in [3.05, 3.63) is 35.4 Å². The third-order valence-corrected chi connectivity index (χ3v) is 4.52. The van der Waals surface area contributed by atoms with Crippen LogP contribution in [0.1, 0.15) is 18.1 Å². The second-order valence-corrected chi connectivity index (χ2v) is 5.39. The molecular weight excluding hydrogens is 226 g/mol. The summed E-state index contributed by atoms with van der Waals surface area (Å²) in [4.78, 5) is 4.64. The van der Waals surface area contributed by atoms with Gasteiger partial charge in [0.05, 0.1) is 11.1 Å². The molecule has 1 aliphatic rings. The van der Waals surface area contributed by atoms with Gasteiger partial charge in [0.25, 0.3) is 0 Å². The van der Waals surface area contributed by atoms with Crippen molar-refractivity contribution in [1.82, 2.24) is 0 Å². The summed E-state index contributed by atoms with van der Waals surface area (Å²) in [5.74, 6) is 0.671. The predicted octanol–water partition coefficient (Wildman–Crippen LogP) is 3.48. The van der Waals surface area contributed by atoms with Crippen molar-refractivity contribution in [2.75, 3.05) is 5.88 Å². The summed E-state index contributed by atoms with van der Waals surface area (Å²) in [7, 11) is 0. The van der Waals surface area contributed by atoms with Crippen molar-refractivity contribution in [2.24, 2.45) is 4.99 Å². The lowest BCUT2D eigenvalue weighted by atomic mass is 10.2. The summed E-state index contributed by atoms with van der Waals surface area (Å²) in [6, 6.07) is 8.84. The number of rotatable bonds is 2. The molecule has 0 saturated heterocycles. The zero-order valence-electron chi connectivity index (χ0n) is 8.90. The van der Waals surface area contributed by atoms with Gasteiger partial charge in [-0.2, -0.15) is 0 Å². The monoisotopic (exact) mass is 239 g/mol. The van der Waals surface area contributed by atoms with Crippen molar-refractivity contribution < 1.29 is 0 Å². The zero-order chi connectivity index (χ0) is 10.8. The van der Waals surface area contributed by atoms with Crippen LogP contribution >= 0.6 is 23.4 Å². The maximum absolute atomic E-state index is 5.89. The molecule has 0 radical (unpaired) electrons. The van der Waals surface area contributed by atoms with Crippen LogP contribution < -0.4 is 0 Å². The summed E-state index contributed by atoms with van der Waals surface area (Å²) in [5, 5.41) is 1.57. The molecule has 1 aromatic rings. The SMILES string of the molecule is Cc1ccc(C2=NC(C)C(CCl)S2)cc1. The quantitative estimate of drug-likeness (QED) is 0.720. The first kappa shape index (κ1) is 11.0. The number of hydrogen-bond acceptors (Lipinski definition) is 2. The Bertz CT molecular complexity index is 372. The lowest BCUT2D eigenvalue weighted by molar-refractivity contribution is 0.753. The van der Waals surface area contributed by atoms with E-state index in [2.05, 4.69) is 43.1 Å². The first-order chi connectivity index (χ1) is 7.20. The fourth-order valence-electron chi connectivity index (χ4n) is 1.54. The van der Waals surface area contributed by atoms with Crippen LogP contribution in [0.5, 0.6) is 0 Å². The van der Waals surface area contributed by atoms with Crippen LogP contribution in [0.25, 0.3) is 0 Å². The Labute approximate surface area is 99.9 Å². The highest BCUT2D eigenvalue weighted by Crippen LogP contribution is 2.31. The van der Waals surface area contributed by atoms with Gasteiger partial charge in [-0.05, 0) is 13.8 Å². The summed E-state index contributed by atoms with van der Waals surface area (Å²) < 4.78 is 0. The number of aryl methyl sites for hydroxylation is 1. The molecule has 0 N–H and O–H groups in total. The Morgan fingerprint density at radius 1 is 1.33 bits per heavy atom. The first-order valence-corrected chi connectivity index (χ1v) is 6.49. The normalized spacial score (nSPS) is 25.4. The molecule has 0 fully saturated rings. The third-order valence-electron chi connectivity index (χ3n) is 2.57. The summed E-state index contributed by atoms with van der Waals surface area (Å²) in [5.41, 5.74) is 2.49. The number of hydrogen-bond donors (Lipinski definition) is 0. The molecule has 0 amide bonds. The summed E-state index contributed by atoms with van der Waals surface area (Å²) >= 11 is 7.68. The van der Waals surface area contributed by atoms with Crippen LogP contribution in [0.2, 0.25) is 0 Å². The van der Waals surface area contributed by atoms with Crippen molar-refractivity contribution in [3.63, 3.8) is 0 Å². The highest BCUT2D eigenvalue weighted by Gasteiger charge is 2.26. The molecule has 0 saturated carbocycles. The lowest BCUT2D eigenvalue weighted by Crippen LogP contribution is -2.14. The average Bonchev–Trinajstić information content (AvgIpc) is 2.61. The molecule has 0 bridgehead atoms. The third kappa shape index (κ3) is 2.37. The van der Waals surface area contributed by atoms with Crippen molar-refractivity contribution in [3.8, 4) is 0 Å². The number of halogens is 1. The van der Waals surface area contributed by atoms with Gasteiger partial charge in [-0.25, -0.2) is 0 Å². The molecule has 15 heavy (non-hydrogen) atoms. The summed E-state index contributed by atoms with van der Waals surface area (Å²) in [6.07, 6.45) is 0. The molecule has 80 valence electrons. The summed E-state index contributed by atoms with van der Waals surface area (Å²) in [6.45, 7) is 4.22.